The Morgan fingerprint density at radius 1 is 1.54 bits per heavy atom. The van der Waals surface area contributed by atoms with Gasteiger partial charge >= 0.3 is 0 Å². The summed E-state index contributed by atoms with van der Waals surface area (Å²) < 4.78 is 24.1. The maximum absolute atomic E-state index is 11.4. The molecule has 0 N–H and O–H groups in total. The zero-order valence-corrected chi connectivity index (χ0v) is 8.50. The molecule has 4 heteroatoms. The summed E-state index contributed by atoms with van der Waals surface area (Å²) >= 11 is 0. The van der Waals surface area contributed by atoms with Gasteiger partial charge in [0, 0.05) is 7.05 Å². The molecule has 1 rings (SSSR count). The number of hydrogen-bond acceptors (Lipinski definition) is 2. The van der Waals surface area contributed by atoms with Crippen LogP contribution in [0.25, 0.3) is 0 Å². The summed E-state index contributed by atoms with van der Waals surface area (Å²) in [5.74, 6) is 0.110. The average molecular weight is 198 g/mol. The van der Waals surface area contributed by atoms with Gasteiger partial charge in [-0.1, -0.05) is 12.1 Å². The van der Waals surface area contributed by atoms with E-state index in [9.17, 15) is 8.42 Å². The molecular weight excluding hydrogens is 186 g/mol. The second-order valence-corrected chi connectivity index (χ2v) is 4.92. The minimum Gasteiger partial charge on any atom is -0.273 e. The molecule has 0 aliphatic rings. The van der Waals surface area contributed by atoms with Crippen molar-refractivity contribution in [3.8, 4) is 0 Å². The molecule has 3 nitrogen and oxygen atoms in total. The second kappa shape index (κ2) is 3.79. The van der Waals surface area contributed by atoms with Crippen LogP contribution in [0, 0.1) is 6.07 Å². The summed E-state index contributed by atoms with van der Waals surface area (Å²) in [6.07, 6.45) is 0. The first-order valence-electron chi connectivity index (χ1n) is 4.00. The lowest BCUT2D eigenvalue weighted by Crippen LogP contribution is -2.27. The Labute approximate surface area is 79.0 Å². The number of anilines is 1. The largest absolute Gasteiger partial charge is 0.273 e. The first-order chi connectivity index (χ1) is 6.08. The molecule has 0 saturated heterocycles. The van der Waals surface area contributed by atoms with Gasteiger partial charge in [-0.2, -0.15) is 0 Å². The summed E-state index contributed by atoms with van der Waals surface area (Å²) in [5, 5.41) is 0. The SMILES string of the molecule is CCS(=O)(=O)N(C)c1c[c]ccc1. The van der Waals surface area contributed by atoms with E-state index < -0.39 is 10.0 Å². The Morgan fingerprint density at radius 2 is 2.23 bits per heavy atom. The summed E-state index contributed by atoms with van der Waals surface area (Å²) in [4.78, 5) is 0. The predicted molar refractivity (Wildman–Crippen MR) is 53.1 cm³/mol. The van der Waals surface area contributed by atoms with Crippen molar-refractivity contribution in [2.45, 2.75) is 6.92 Å². The van der Waals surface area contributed by atoms with E-state index in [2.05, 4.69) is 6.07 Å². The summed E-state index contributed by atoms with van der Waals surface area (Å²) in [6.45, 7) is 1.62. The summed E-state index contributed by atoms with van der Waals surface area (Å²) in [6, 6.07) is 9.71. The van der Waals surface area contributed by atoms with Gasteiger partial charge in [-0.05, 0) is 25.1 Å². The molecule has 0 aromatic heterocycles. The molecule has 0 bridgehead atoms. The van der Waals surface area contributed by atoms with E-state index in [0.717, 1.165) is 0 Å². The Hall–Kier alpha value is -1.03. The van der Waals surface area contributed by atoms with Crippen LogP contribution in [0.4, 0.5) is 5.69 Å². The van der Waals surface area contributed by atoms with E-state index in [-0.39, 0.29) is 5.75 Å². The minimum absolute atomic E-state index is 0.110. The van der Waals surface area contributed by atoms with Crippen LogP contribution in [0.3, 0.4) is 0 Å². The standard InChI is InChI=1S/C9H12NO2S/c1-3-13(11,12)10(2)9-7-5-4-6-8-9/h4-5,7-8H,3H2,1-2H3. The van der Waals surface area contributed by atoms with Crippen LogP contribution < -0.4 is 4.31 Å². The number of nitrogens with zero attached hydrogens (tertiary/aromatic N) is 1. The third kappa shape index (κ3) is 2.21. The van der Waals surface area contributed by atoms with Crippen molar-refractivity contribution in [1.29, 1.82) is 0 Å². The van der Waals surface area contributed by atoms with Crippen LogP contribution in [0.2, 0.25) is 0 Å². The van der Waals surface area contributed by atoms with Crippen LogP contribution in [0.5, 0.6) is 0 Å². The average Bonchev–Trinajstić information content (AvgIpc) is 2.18. The minimum atomic E-state index is -3.14. The van der Waals surface area contributed by atoms with E-state index in [0.29, 0.717) is 5.69 Å². The van der Waals surface area contributed by atoms with E-state index in [4.69, 9.17) is 0 Å². The summed E-state index contributed by atoms with van der Waals surface area (Å²) in [7, 11) is -1.59. The molecule has 0 unspecified atom stereocenters. The zero-order valence-electron chi connectivity index (χ0n) is 7.69. The molecular formula is C9H12NO2S. The number of hydrogen-bond donors (Lipinski definition) is 0. The Kier molecular flexibility index (Phi) is 2.93. The maximum Gasteiger partial charge on any atom is 0.234 e. The second-order valence-electron chi connectivity index (χ2n) is 2.63. The topological polar surface area (TPSA) is 37.4 Å². The van der Waals surface area contributed by atoms with Crippen molar-refractivity contribution in [3.05, 3.63) is 30.3 Å². The van der Waals surface area contributed by atoms with Gasteiger partial charge in [-0.3, -0.25) is 4.31 Å². The Bertz CT molecular complexity index is 358. The Balaban J connectivity index is 2.99. The van der Waals surface area contributed by atoms with Gasteiger partial charge in [-0.25, -0.2) is 8.42 Å². The van der Waals surface area contributed by atoms with Gasteiger partial charge in [-0.15, -0.1) is 0 Å². The van der Waals surface area contributed by atoms with Gasteiger partial charge in [0.25, 0.3) is 0 Å². The molecule has 1 aromatic rings. The molecule has 0 heterocycles. The molecule has 0 saturated carbocycles. The van der Waals surface area contributed by atoms with Crippen molar-refractivity contribution in [2.75, 3.05) is 17.1 Å². The van der Waals surface area contributed by atoms with Crippen molar-refractivity contribution < 1.29 is 8.42 Å². The Morgan fingerprint density at radius 3 is 2.69 bits per heavy atom. The van der Waals surface area contributed by atoms with Crippen LogP contribution in [0.15, 0.2) is 24.3 Å². The molecule has 1 radical (unpaired) electrons. The van der Waals surface area contributed by atoms with Crippen molar-refractivity contribution >= 4 is 15.7 Å². The quantitative estimate of drug-likeness (QED) is 0.733. The molecule has 0 aliphatic heterocycles. The van der Waals surface area contributed by atoms with E-state index in [1.807, 2.05) is 0 Å². The lowest BCUT2D eigenvalue weighted by molar-refractivity contribution is 0.595. The van der Waals surface area contributed by atoms with Crippen molar-refractivity contribution in [2.24, 2.45) is 0 Å². The first kappa shape index (κ1) is 10.1. The fraction of sp³-hybridized carbons (Fsp3) is 0.333. The zero-order chi connectivity index (χ0) is 9.90. The molecule has 0 spiro atoms. The molecule has 71 valence electrons. The van der Waals surface area contributed by atoms with Crippen molar-refractivity contribution in [3.63, 3.8) is 0 Å². The highest BCUT2D eigenvalue weighted by Gasteiger charge is 2.14. The third-order valence-corrected chi connectivity index (χ3v) is 3.61. The fourth-order valence-corrected chi connectivity index (χ4v) is 1.76. The van der Waals surface area contributed by atoms with Gasteiger partial charge in [0.1, 0.15) is 0 Å². The van der Waals surface area contributed by atoms with Gasteiger partial charge in [0.15, 0.2) is 0 Å². The smallest absolute Gasteiger partial charge is 0.234 e. The molecule has 0 fully saturated rings. The number of sulfonamides is 1. The molecule has 13 heavy (non-hydrogen) atoms. The predicted octanol–water partition coefficient (Wildman–Crippen LogP) is 1.27. The van der Waals surface area contributed by atoms with Crippen LogP contribution >= 0.6 is 0 Å². The van der Waals surface area contributed by atoms with Crippen LogP contribution in [-0.2, 0) is 10.0 Å². The highest BCUT2D eigenvalue weighted by molar-refractivity contribution is 7.92. The highest BCUT2D eigenvalue weighted by atomic mass is 32.2. The first-order valence-corrected chi connectivity index (χ1v) is 5.61. The molecule has 0 amide bonds. The normalized spacial score (nSPS) is 11.2. The van der Waals surface area contributed by atoms with Crippen LogP contribution in [0.1, 0.15) is 6.92 Å². The third-order valence-electron chi connectivity index (χ3n) is 1.84. The molecule has 0 atom stereocenters. The fourth-order valence-electron chi connectivity index (χ4n) is 0.934. The van der Waals surface area contributed by atoms with E-state index in [1.165, 1.54) is 4.31 Å². The number of benzene rings is 1. The monoisotopic (exact) mass is 198 g/mol. The highest BCUT2D eigenvalue weighted by Crippen LogP contribution is 2.14. The molecule has 0 aliphatic carbocycles. The van der Waals surface area contributed by atoms with E-state index >= 15 is 0 Å². The van der Waals surface area contributed by atoms with E-state index in [1.54, 1.807) is 38.2 Å². The lowest BCUT2D eigenvalue weighted by atomic mass is 10.3. The summed E-state index contributed by atoms with van der Waals surface area (Å²) in [5.41, 5.74) is 0.643. The lowest BCUT2D eigenvalue weighted by Gasteiger charge is -2.17. The number of rotatable bonds is 3. The van der Waals surface area contributed by atoms with Crippen LogP contribution in [-0.4, -0.2) is 21.2 Å². The van der Waals surface area contributed by atoms with Gasteiger partial charge < -0.3 is 0 Å². The van der Waals surface area contributed by atoms with Gasteiger partial charge in [0.2, 0.25) is 10.0 Å². The molecule has 1 aromatic carbocycles. The maximum atomic E-state index is 11.4. The van der Waals surface area contributed by atoms with Crippen molar-refractivity contribution in [1.82, 2.24) is 0 Å². The van der Waals surface area contributed by atoms with Gasteiger partial charge in [0.05, 0.1) is 11.4 Å².